The van der Waals surface area contributed by atoms with Crippen LogP contribution in [0.25, 0.3) is 0 Å². The molecule has 0 aromatic heterocycles. The highest BCUT2D eigenvalue weighted by atomic mass is 127. The summed E-state index contributed by atoms with van der Waals surface area (Å²) in [6.07, 6.45) is -4.32. The number of nitrogens with zero attached hydrogens (tertiary/aromatic N) is 1. The first kappa shape index (κ1) is 24.2. The fourth-order valence-corrected chi connectivity index (χ4v) is 2.23. The van der Waals surface area contributed by atoms with Gasteiger partial charge in [0.15, 0.2) is 5.96 Å². The average Bonchev–Trinajstić information content (AvgIpc) is 2.63. The predicted octanol–water partition coefficient (Wildman–Crippen LogP) is 4.39. The molecular formula is C19H22F4IN3O. The van der Waals surface area contributed by atoms with E-state index in [1.807, 2.05) is 12.1 Å². The number of hydrogen-bond donors (Lipinski definition) is 2. The van der Waals surface area contributed by atoms with Gasteiger partial charge in [0.05, 0.1) is 6.61 Å². The average molecular weight is 511 g/mol. The topological polar surface area (TPSA) is 45.7 Å². The summed E-state index contributed by atoms with van der Waals surface area (Å²) in [7, 11) is 1.64. The Labute approximate surface area is 178 Å². The smallest absolute Gasteiger partial charge is 0.367 e. The fraction of sp³-hybridized carbons (Fsp3) is 0.316. The number of nitrogens with one attached hydrogen (secondary N) is 2. The quantitative estimate of drug-likeness (QED) is 0.251. The lowest BCUT2D eigenvalue weighted by Gasteiger charge is -2.12. The first-order valence-electron chi connectivity index (χ1n) is 8.27. The second kappa shape index (κ2) is 11.8. The van der Waals surface area contributed by atoms with E-state index in [-0.39, 0.29) is 36.4 Å². The normalized spacial score (nSPS) is 11.7. The molecule has 0 fully saturated rings. The number of benzene rings is 2. The summed E-state index contributed by atoms with van der Waals surface area (Å²) < 4.78 is 53.7. The van der Waals surface area contributed by atoms with Crippen molar-refractivity contribution in [3.63, 3.8) is 0 Å². The van der Waals surface area contributed by atoms with Gasteiger partial charge in [-0.1, -0.05) is 36.4 Å². The van der Waals surface area contributed by atoms with Gasteiger partial charge in [0, 0.05) is 20.1 Å². The Morgan fingerprint density at radius 3 is 1.82 bits per heavy atom. The molecule has 0 radical (unpaired) electrons. The SMILES string of the molecule is CN=C(NCc1ccc(F)cc1)NCc1ccc(COCC(F)(F)F)cc1.I. The molecule has 0 bridgehead atoms. The molecule has 0 spiro atoms. The van der Waals surface area contributed by atoms with Crippen molar-refractivity contribution < 1.29 is 22.3 Å². The van der Waals surface area contributed by atoms with Crippen LogP contribution in [0.3, 0.4) is 0 Å². The van der Waals surface area contributed by atoms with Crippen LogP contribution >= 0.6 is 24.0 Å². The van der Waals surface area contributed by atoms with E-state index >= 15 is 0 Å². The third-order valence-corrected chi connectivity index (χ3v) is 3.61. The Bertz CT molecular complexity index is 734. The van der Waals surface area contributed by atoms with Gasteiger partial charge in [-0.05, 0) is 28.8 Å². The van der Waals surface area contributed by atoms with Crippen molar-refractivity contribution in [2.45, 2.75) is 25.9 Å². The lowest BCUT2D eigenvalue weighted by Crippen LogP contribution is -2.36. The zero-order valence-corrected chi connectivity index (χ0v) is 17.6. The van der Waals surface area contributed by atoms with Gasteiger partial charge < -0.3 is 15.4 Å². The third-order valence-electron chi connectivity index (χ3n) is 3.61. The van der Waals surface area contributed by atoms with Gasteiger partial charge in [0.1, 0.15) is 12.4 Å². The molecule has 0 unspecified atom stereocenters. The van der Waals surface area contributed by atoms with Crippen LogP contribution in [0.4, 0.5) is 17.6 Å². The number of rotatable bonds is 7. The molecule has 2 aromatic carbocycles. The van der Waals surface area contributed by atoms with Gasteiger partial charge in [-0.2, -0.15) is 13.2 Å². The number of hydrogen-bond acceptors (Lipinski definition) is 2. The summed E-state index contributed by atoms with van der Waals surface area (Å²) in [4.78, 5) is 4.11. The molecule has 28 heavy (non-hydrogen) atoms. The maximum absolute atomic E-state index is 12.9. The molecule has 0 aliphatic heterocycles. The molecule has 0 heterocycles. The van der Waals surface area contributed by atoms with E-state index in [0.717, 1.165) is 11.1 Å². The highest BCUT2D eigenvalue weighted by molar-refractivity contribution is 14.0. The first-order valence-corrected chi connectivity index (χ1v) is 8.27. The zero-order chi connectivity index (χ0) is 19.7. The van der Waals surface area contributed by atoms with Crippen LogP contribution < -0.4 is 10.6 Å². The number of alkyl halides is 3. The second-order valence-electron chi connectivity index (χ2n) is 5.83. The maximum Gasteiger partial charge on any atom is 0.411 e. The van der Waals surface area contributed by atoms with E-state index in [1.54, 1.807) is 31.3 Å². The Kier molecular flexibility index (Phi) is 10.2. The fourth-order valence-electron chi connectivity index (χ4n) is 2.23. The molecule has 154 valence electrons. The van der Waals surface area contributed by atoms with E-state index in [9.17, 15) is 17.6 Å². The lowest BCUT2D eigenvalue weighted by atomic mass is 10.1. The van der Waals surface area contributed by atoms with E-state index in [0.29, 0.717) is 24.6 Å². The molecule has 2 N–H and O–H groups in total. The van der Waals surface area contributed by atoms with E-state index in [2.05, 4.69) is 20.4 Å². The molecule has 0 aliphatic carbocycles. The van der Waals surface area contributed by atoms with Crippen molar-refractivity contribution in [3.8, 4) is 0 Å². The summed E-state index contributed by atoms with van der Waals surface area (Å²) in [6.45, 7) is -0.358. The van der Waals surface area contributed by atoms with Crippen LogP contribution in [-0.4, -0.2) is 25.8 Å². The van der Waals surface area contributed by atoms with Crippen LogP contribution in [0.1, 0.15) is 16.7 Å². The standard InChI is InChI=1S/C19H21F4N3O.HI/c1-24-18(26-11-15-6-8-17(20)9-7-15)25-10-14-2-4-16(5-3-14)12-27-13-19(21,22)23;/h2-9H,10-13H2,1H3,(H2,24,25,26);1H. The molecule has 0 saturated carbocycles. The van der Waals surface area contributed by atoms with Crippen LogP contribution in [-0.2, 0) is 24.4 Å². The Morgan fingerprint density at radius 2 is 1.36 bits per heavy atom. The van der Waals surface area contributed by atoms with Crippen molar-refractivity contribution in [2.75, 3.05) is 13.7 Å². The minimum absolute atomic E-state index is 0. The van der Waals surface area contributed by atoms with Crippen molar-refractivity contribution in [3.05, 3.63) is 71.0 Å². The highest BCUT2D eigenvalue weighted by Crippen LogP contribution is 2.15. The summed E-state index contributed by atoms with van der Waals surface area (Å²) >= 11 is 0. The van der Waals surface area contributed by atoms with Gasteiger partial charge in [-0.3, -0.25) is 4.99 Å². The zero-order valence-electron chi connectivity index (χ0n) is 15.2. The largest absolute Gasteiger partial charge is 0.411 e. The lowest BCUT2D eigenvalue weighted by molar-refractivity contribution is -0.176. The monoisotopic (exact) mass is 511 g/mol. The second-order valence-corrected chi connectivity index (χ2v) is 5.83. The van der Waals surface area contributed by atoms with Crippen molar-refractivity contribution in [1.82, 2.24) is 10.6 Å². The van der Waals surface area contributed by atoms with Crippen LogP contribution in [0.2, 0.25) is 0 Å². The molecule has 4 nitrogen and oxygen atoms in total. The molecule has 0 atom stereocenters. The highest BCUT2D eigenvalue weighted by Gasteiger charge is 2.27. The van der Waals surface area contributed by atoms with Crippen LogP contribution in [0.15, 0.2) is 53.5 Å². The molecular weight excluding hydrogens is 489 g/mol. The summed E-state index contributed by atoms with van der Waals surface area (Å²) in [6, 6.07) is 13.2. The van der Waals surface area contributed by atoms with Crippen LogP contribution in [0.5, 0.6) is 0 Å². The molecule has 0 saturated heterocycles. The van der Waals surface area contributed by atoms with Gasteiger partial charge in [0.2, 0.25) is 0 Å². The number of ether oxygens (including phenoxy) is 1. The number of halogens is 5. The van der Waals surface area contributed by atoms with Crippen molar-refractivity contribution in [1.29, 1.82) is 0 Å². The maximum atomic E-state index is 12.9. The molecule has 0 aliphatic rings. The van der Waals surface area contributed by atoms with E-state index in [4.69, 9.17) is 0 Å². The molecule has 9 heteroatoms. The Morgan fingerprint density at radius 1 is 0.893 bits per heavy atom. The number of guanidine groups is 1. The Balaban J connectivity index is 0.00000392. The first-order chi connectivity index (χ1) is 12.9. The minimum Gasteiger partial charge on any atom is -0.367 e. The van der Waals surface area contributed by atoms with E-state index in [1.165, 1.54) is 12.1 Å². The minimum atomic E-state index is -4.32. The van der Waals surface area contributed by atoms with Gasteiger partial charge in [-0.25, -0.2) is 4.39 Å². The van der Waals surface area contributed by atoms with Crippen molar-refractivity contribution >= 4 is 29.9 Å². The summed E-state index contributed by atoms with van der Waals surface area (Å²) in [5.74, 6) is 0.297. The summed E-state index contributed by atoms with van der Waals surface area (Å²) in [5, 5.41) is 6.25. The van der Waals surface area contributed by atoms with E-state index < -0.39 is 12.8 Å². The predicted molar refractivity (Wildman–Crippen MR) is 111 cm³/mol. The Hall–Kier alpha value is -1.88. The molecule has 2 rings (SSSR count). The van der Waals surface area contributed by atoms with Gasteiger partial charge in [-0.15, -0.1) is 24.0 Å². The summed E-state index contributed by atoms with van der Waals surface area (Å²) in [5.41, 5.74) is 2.53. The third kappa shape index (κ3) is 9.36. The molecule has 0 amide bonds. The van der Waals surface area contributed by atoms with Crippen LogP contribution in [0, 0.1) is 5.82 Å². The van der Waals surface area contributed by atoms with Gasteiger partial charge >= 0.3 is 6.18 Å². The van der Waals surface area contributed by atoms with Crippen molar-refractivity contribution in [2.24, 2.45) is 4.99 Å². The van der Waals surface area contributed by atoms with Gasteiger partial charge in [0.25, 0.3) is 0 Å². The molecule has 2 aromatic rings. The number of aliphatic imine (C=N–C) groups is 1.